The highest BCUT2D eigenvalue weighted by molar-refractivity contribution is 5.98. The fraction of sp³-hybridized carbons (Fsp3) is 0.350. The summed E-state index contributed by atoms with van der Waals surface area (Å²) in [6.07, 6.45) is 0. The summed E-state index contributed by atoms with van der Waals surface area (Å²) in [6, 6.07) is 11.6. The molecule has 2 aromatic carbocycles. The highest BCUT2D eigenvalue weighted by atomic mass is 19.1. The number of rotatable bonds is 9. The van der Waals surface area contributed by atoms with Crippen LogP contribution < -0.4 is 14.8 Å². The Hall–Kier alpha value is -2.44. The minimum absolute atomic E-state index is 0.0359. The Morgan fingerprint density at radius 2 is 1.73 bits per heavy atom. The van der Waals surface area contributed by atoms with Crippen molar-refractivity contribution in [1.82, 2.24) is 10.2 Å². The maximum Gasteiger partial charge on any atom is 0.176 e. The topological polar surface area (TPSA) is 50.8 Å². The van der Waals surface area contributed by atoms with Crippen LogP contribution in [-0.2, 0) is 0 Å². The largest absolute Gasteiger partial charge is 0.493 e. The first-order valence-electron chi connectivity index (χ1n) is 8.34. The number of benzene rings is 2. The lowest BCUT2D eigenvalue weighted by molar-refractivity contribution is 0.0988. The zero-order chi connectivity index (χ0) is 19.1. The van der Waals surface area contributed by atoms with E-state index in [1.54, 1.807) is 37.4 Å². The zero-order valence-electron chi connectivity index (χ0n) is 15.6. The Bertz CT molecular complexity index is 732. The molecule has 6 heteroatoms. The van der Waals surface area contributed by atoms with Gasteiger partial charge in [-0.3, -0.25) is 4.79 Å². The van der Waals surface area contributed by atoms with E-state index >= 15 is 0 Å². The molecule has 140 valence electrons. The van der Waals surface area contributed by atoms with Gasteiger partial charge in [0.25, 0.3) is 0 Å². The van der Waals surface area contributed by atoms with Crippen molar-refractivity contribution in [3.05, 3.63) is 59.4 Å². The summed E-state index contributed by atoms with van der Waals surface area (Å²) in [5.41, 5.74) is 1.54. The zero-order valence-corrected chi connectivity index (χ0v) is 15.6. The molecule has 0 heterocycles. The monoisotopic (exact) mass is 360 g/mol. The summed E-state index contributed by atoms with van der Waals surface area (Å²) in [7, 11) is 6.99. The van der Waals surface area contributed by atoms with Gasteiger partial charge in [0, 0.05) is 18.2 Å². The average molecular weight is 360 g/mol. The first kappa shape index (κ1) is 19.9. The maximum atomic E-state index is 13.1. The number of nitrogens with one attached hydrogen (secondary N) is 1. The number of nitrogens with zero attached hydrogens (tertiary/aromatic N) is 1. The van der Waals surface area contributed by atoms with Crippen LogP contribution in [0, 0.1) is 5.82 Å². The molecule has 1 unspecified atom stereocenters. The van der Waals surface area contributed by atoms with Gasteiger partial charge < -0.3 is 19.7 Å². The van der Waals surface area contributed by atoms with E-state index in [1.807, 2.05) is 19.0 Å². The quantitative estimate of drug-likeness (QED) is 0.697. The summed E-state index contributed by atoms with van der Waals surface area (Å²) in [5, 5.41) is 3.19. The predicted octanol–water partition coefficient (Wildman–Crippen LogP) is 2.92. The van der Waals surface area contributed by atoms with Crippen molar-refractivity contribution in [3.8, 4) is 11.5 Å². The van der Waals surface area contributed by atoms with Crippen molar-refractivity contribution in [2.24, 2.45) is 0 Å². The molecule has 26 heavy (non-hydrogen) atoms. The molecule has 0 spiro atoms. The highest BCUT2D eigenvalue weighted by Gasteiger charge is 2.15. The second-order valence-electron chi connectivity index (χ2n) is 6.15. The molecule has 1 atom stereocenters. The van der Waals surface area contributed by atoms with Crippen LogP contribution in [0.15, 0.2) is 42.5 Å². The van der Waals surface area contributed by atoms with Crippen molar-refractivity contribution in [3.63, 3.8) is 0 Å². The third-order valence-corrected chi connectivity index (χ3v) is 4.21. The van der Waals surface area contributed by atoms with Crippen molar-refractivity contribution >= 4 is 5.78 Å². The smallest absolute Gasteiger partial charge is 0.176 e. The lowest BCUT2D eigenvalue weighted by Crippen LogP contribution is -2.33. The van der Waals surface area contributed by atoms with Gasteiger partial charge in [-0.1, -0.05) is 12.1 Å². The summed E-state index contributed by atoms with van der Waals surface area (Å²) in [5.74, 6) is 0.808. The van der Waals surface area contributed by atoms with Crippen LogP contribution in [0.5, 0.6) is 11.5 Å². The number of ether oxygens (including phenoxy) is 2. The molecule has 0 amide bonds. The Morgan fingerprint density at radius 3 is 2.31 bits per heavy atom. The molecule has 0 saturated heterocycles. The van der Waals surface area contributed by atoms with Crippen LogP contribution in [0.2, 0.25) is 0 Å². The molecule has 0 aliphatic heterocycles. The van der Waals surface area contributed by atoms with Gasteiger partial charge in [-0.25, -0.2) is 4.39 Å². The number of Topliss-reactive ketones (excluding diaryl/α,β-unsaturated/α-hetero) is 1. The normalized spacial score (nSPS) is 12.1. The molecule has 0 fully saturated rings. The second kappa shape index (κ2) is 9.31. The van der Waals surface area contributed by atoms with Gasteiger partial charge >= 0.3 is 0 Å². The molecule has 0 bridgehead atoms. The standard InChI is InChI=1S/C20H25FN2O3/c1-23(2)17(14-5-8-16(21)9-6-14)12-22-13-18(24)15-7-10-19(25-3)20(11-15)26-4/h5-11,17,22H,12-13H2,1-4H3. The van der Waals surface area contributed by atoms with Crippen LogP contribution in [0.3, 0.4) is 0 Å². The number of hydrogen-bond donors (Lipinski definition) is 1. The van der Waals surface area contributed by atoms with Crippen LogP contribution >= 0.6 is 0 Å². The summed E-state index contributed by atoms with van der Waals surface area (Å²) in [4.78, 5) is 14.5. The van der Waals surface area contributed by atoms with E-state index in [1.165, 1.54) is 19.2 Å². The SMILES string of the molecule is COc1ccc(C(=O)CNCC(c2ccc(F)cc2)N(C)C)cc1OC. The average Bonchev–Trinajstić information content (AvgIpc) is 2.65. The van der Waals surface area contributed by atoms with Crippen LogP contribution in [0.1, 0.15) is 22.0 Å². The molecule has 0 aliphatic carbocycles. The first-order valence-corrected chi connectivity index (χ1v) is 8.34. The van der Waals surface area contributed by atoms with Gasteiger partial charge in [0.1, 0.15) is 5.82 Å². The van der Waals surface area contributed by atoms with Crippen molar-refractivity contribution in [1.29, 1.82) is 0 Å². The molecule has 0 aliphatic rings. The molecular formula is C20H25FN2O3. The maximum absolute atomic E-state index is 13.1. The number of ketones is 1. The van der Waals surface area contributed by atoms with Crippen molar-refractivity contribution in [2.75, 3.05) is 41.4 Å². The Balaban J connectivity index is 1.98. The molecule has 5 nitrogen and oxygen atoms in total. The Labute approximate surface area is 153 Å². The number of carbonyl (C=O) groups excluding carboxylic acids is 1. The fourth-order valence-electron chi connectivity index (χ4n) is 2.72. The third-order valence-electron chi connectivity index (χ3n) is 4.21. The molecule has 1 N–H and O–H groups in total. The van der Waals surface area contributed by atoms with Gasteiger partial charge in [-0.15, -0.1) is 0 Å². The number of carbonyl (C=O) groups is 1. The summed E-state index contributed by atoms with van der Waals surface area (Å²) >= 11 is 0. The van der Waals surface area contributed by atoms with E-state index in [2.05, 4.69) is 5.32 Å². The van der Waals surface area contributed by atoms with E-state index in [-0.39, 0.29) is 24.2 Å². The molecule has 0 saturated carbocycles. The number of hydrogen-bond acceptors (Lipinski definition) is 5. The Kier molecular flexibility index (Phi) is 7.12. The third kappa shape index (κ3) is 5.03. The minimum atomic E-state index is -0.261. The lowest BCUT2D eigenvalue weighted by Gasteiger charge is -2.25. The molecule has 0 aromatic heterocycles. The van der Waals surface area contributed by atoms with Crippen LogP contribution in [0.4, 0.5) is 4.39 Å². The minimum Gasteiger partial charge on any atom is -0.493 e. The molecule has 2 aromatic rings. The van der Waals surface area contributed by atoms with Gasteiger partial charge in [-0.2, -0.15) is 0 Å². The van der Waals surface area contributed by atoms with E-state index in [4.69, 9.17) is 9.47 Å². The van der Waals surface area contributed by atoms with Crippen molar-refractivity contribution < 1.29 is 18.7 Å². The number of likely N-dealkylation sites (N-methyl/N-ethyl adjacent to an activating group) is 1. The van der Waals surface area contributed by atoms with E-state index < -0.39 is 0 Å². The van der Waals surface area contributed by atoms with Gasteiger partial charge in [0.15, 0.2) is 17.3 Å². The molecular weight excluding hydrogens is 335 g/mol. The van der Waals surface area contributed by atoms with E-state index in [9.17, 15) is 9.18 Å². The van der Waals surface area contributed by atoms with E-state index in [0.29, 0.717) is 23.6 Å². The predicted molar refractivity (Wildman–Crippen MR) is 99.6 cm³/mol. The number of methoxy groups -OCH3 is 2. The van der Waals surface area contributed by atoms with Gasteiger partial charge in [-0.05, 0) is 50.0 Å². The lowest BCUT2D eigenvalue weighted by atomic mass is 10.1. The van der Waals surface area contributed by atoms with Gasteiger partial charge in [0.2, 0.25) is 0 Å². The fourth-order valence-corrected chi connectivity index (χ4v) is 2.72. The first-order chi connectivity index (χ1) is 12.5. The van der Waals surface area contributed by atoms with Crippen LogP contribution in [-0.4, -0.2) is 52.1 Å². The second-order valence-corrected chi connectivity index (χ2v) is 6.15. The Morgan fingerprint density at radius 1 is 1.08 bits per heavy atom. The number of halogens is 1. The van der Waals surface area contributed by atoms with Gasteiger partial charge in [0.05, 0.1) is 20.8 Å². The van der Waals surface area contributed by atoms with Crippen LogP contribution in [0.25, 0.3) is 0 Å². The van der Waals surface area contributed by atoms with Crippen molar-refractivity contribution in [2.45, 2.75) is 6.04 Å². The summed E-state index contributed by atoms with van der Waals surface area (Å²) < 4.78 is 23.5. The molecule has 0 radical (unpaired) electrons. The summed E-state index contributed by atoms with van der Waals surface area (Å²) in [6.45, 7) is 0.763. The molecule has 2 rings (SSSR count). The highest BCUT2D eigenvalue weighted by Crippen LogP contribution is 2.27. The van der Waals surface area contributed by atoms with E-state index in [0.717, 1.165) is 5.56 Å².